The van der Waals surface area contributed by atoms with E-state index in [2.05, 4.69) is 31.2 Å². The molecule has 0 amide bonds. The van der Waals surface area contributed by atoms with Crippen LogP contribution in [0.2, 0.25) is 0 Å². The topological polar surface area (TPSA) is 29.5 Å². The number of hydrogen-bond donors (Lipinski definition) is 1. The maximum atomic E-state index is 8.96. The van der Waals surface area contributed by atoms with E-state index in [0.717, 1.165) is 24.2 Å². The first-order valence-corrected chi connectivity index (χ1v) is 6.15. The number of aliphatic hydroxyl groups excluding tert-OH is 1. The molecule has 17 heavy (non-hydrogen) atoms. The Morgan fingerprint density at radius 2 is 2.18 bits per heavy atom. The molecule has 2 heteroatoms. The van der Waals surface area contributed by atoms with Gasteiger partial charge in [-0.2, -0.15) is 0 Å². The summed E-state index contributed by atoms with van der Waals surface area (Å²) in [5, 5.41) is 8.96. The first kappa shape index (κ1) is 13.8. The van der Waals surface area contributed by atoms with Gasteiger partial charge >= 0.3 is 0 Å². The highest BCUT2D eigenvalue weighted by Crippen LogP contribution is 2.22. The fourth-order valence-corrected chi connectivity index (χ4v) is 1.64. The number of allylic oxidation sites excluding steroid dienone is 1. The average molecular weight is 234 g/mol. The number of ether oxygens (including phenoxy) is 1. The summed E-state index contributed by atoms with van der Waals surface area (Å²) in [5.74, 6) is 1.21. The second-order valence-corrected chi connectivity index (χ2v) is 4.36. The van der Waals surface area contributed by atoms with Gasteiger partial charge in [0.25, 0.3) is 0 Å². The molecular formula is C15H22O2. The lowest BCUT2D eigenvalue weighted by molar-refractivity contribution is 0.239. The van der Waals surface area contributed by atoms with Crippen molar-refractivity contribution in [3.8, 4) is 5.75 Å². The predicted octanol–water partition coefficient (Wildman–Crippen LogP) is 3.29. The Hall–Kier alpha value is -1.28. The molecule has 0 heterocycles. The van der Waals surface area contributed by atoms with Crippen molar-refractivity contribution in [1.29, 1.82) is 0 Å². The minimum Gasteiger partial charge on any atom is -0.496 e. The van der Waals surface area contributed by atoms with Gasteiger partial charge in [0, 0.05) is 12.2 Å². The van der Waals surface area contributed by atoms with Gasteiger partial charge in [0.2, 0.25) is 0 Å². The van der Waals surface area contributed by atoms with E-state index in [1.54, 1.807) is 7.11 Å². The molecule has 0 fully saturated rings. The molecule has 0 aliphatic rings. The summed E-state index contributed by atoms with van der Waals surface area (Å²) in [6.45, 7) is 4.41. The molecule has 0 radical (unpaired) electrons. The standard InChI is InChI=1S/C15H22O2/c1-4-13-8-9-15(17-3)14(10-13)7-5-6-12(2)11-16/h5,7-10,12,16H,4,6,11H2,1-3H3/b7-5+/t12-/m0/s1. The second-order valence-electron chi connectivity index (χ2n) is 4.36. The minimum absolute atomic E-state index is 0.233. The third-order valence-electron chi connectivity index (χ3n) is 2.85. The van der Waals surface area contributed by atoms with E-state index in [0.29, 0.717) is 5.92 Å². The van der Waals surface area contributed by atoms with Crippen LogP contribution in [0.1, 0.15) is 31.4 Å². The maximum Gasteiger partial charge on any atom is 0.126 e. The monoisotopic (exact) mass is 234 g/mol. The molecule has 0 saturated heterocycles. The van der Waals surface area contributed by atoms with Crippen molar-refractivity contribution in [2.24, 2.45) is 5.92 Å². The molecule has 0 aliphatic carbocycles. The zero-order valence-electron chi connectivity index (χ0n) is 10.9. The van der Waals surface area contributed by atoms with Crippen molar-refractivity contribution in [2.45, 2.75) is 26.7 Å². The minimum atomic E-state index is 0.233. The van der Waals surface area contributed by atoms with Crippen LogP contribution in [-0.4, -0.2) is 18.8 Å². The summed E-state index contributed by atoms with van der Waals surface area (Å²) in [4.78, 5) is 0. The predicted molar refractivity (Wildman–Crippen MR) is 72.3 cm³/mol. The molecule has 94 valence electrons. The Bertz CT molecular complexity index is 369. The molecule has 1 aromatic carbocycles. The Kier molecular flexibility index (Phi) is 5.78. The molecule has 0 saturated carbocycles. The third kappa shape index (κ3) is 4.23. The fourth-order valence-electron chi connectivity index (χ4n) is 1.64. The smallest absolute Gasteiger partial charge is 0.126 e. The molecule has 1 rings (SSSR count). The average Bonchev–Trinajstić information content (AvgIpc) is 2.38. The van der Waals surface area contributed by atoms with Crippen LogP contribution in [-0.2, 0) is 6.42 Å². The second kappa shape index (κ2) is 7.13. The van der Waals surface area contributed by atoms with E-state index >= 15 is 0 Å². The first-order valence-electron chi connectivity index (χ1n) is 6.15. The Morgan fingerprint density at radius 1 is 1.41 bits per heavy atom. The van der Waals surface area contributed by atoms with E-state index in [4.69, 9.17) is 9.84 Å². The summed E-state index contributed by atoms with van der Waals surface area (Å²) in [7, 11) is 1.69. The SMILES string of the molecule is CCc1ccc(OC)c(/C=C/C[C@H](C)CO)c1. The fraction of sp³-hybridized carbons (Fsp3) is 0.467. The Balaban J connectivity index is 2.80. The molecule has 2 nitrogen and oxygen atoms in total. The molecule has 0 spiro atoms. The van der Waals surface area contributed by atoms with Crippen LogP contribution in [0.5, 0.6) is 5.75 Å². The molecule has 0 unspecified atom stereocenters. The highest BCUT2D eigenvalue weighted by Gasteiger charge is 2.01. The summed E-state index contributed by atoms with van der Waals surface area (Å²) >= 11 is 0. The van der Waals surface area contributed by atoms with Crippen LogP contribution >= 0.6 is 0 Å². The zero-order valence-corrected chi connectivity index (χ0v) is 10.9. The first-order chi connectivity index (χ1) is 8.21. The zero-order chi connectivity index (χ0) is 12.7. The molecule has 1 atom stereocenters. The van der Waals surface area contributed by atoms with E-state index in [9.17, 15) is 0 Å². The van der Waals surface area contributed by atoms with Gasteiger partial charge in [-0.15, -0.1) is 0 Å². The van der Waals surface area contributed by atoms with E-state index in [1.807, 2.05) is 13.0 Å². The van der Waals surface area contributed by atoms with Crippen LogP contribution in [0, 0.1) is 5.92 Å². The molecule has 1 N–H and O–H groups in total. The Labute approximate surface area is 104 Å². The lowest BCUT2D eigenvalue weighted by Gasteiger charge is -2.07. The van der Waals surface area contributed by atoms with E-state index in [-0.39, 0.29) is 6.61 Å². The number of rotatable bonds is 6. The highest BCUT2D eigenvalue weighted by molar-refractivity contribution is 5.58. The van der Waals surface area contributed by atoms with Gasteiger partial charge in [0.1, 0.15) is 5.75 Å². The van der Waals surface area contributed by atoms with Crippen molar-refractivity contribution in [2.75, 3.05) is 13.7 Å². The number of aryl methyl sites for hydroxylation is 1. The molecule has 0 bridgehead atoms. The molecule has 1 aromatic rings. The van der Waals surface area contributed by atoms with Gasteiger partial charge in [-0.05, 0) is 36.5 Å². The van der Waals surface area contributed by atoms with Crippen LogP contribution in [0.3, 0.4) is 0 Å². The summed E-state index contributed by atoms with van der Waals surface area (Å²) in [6.07, 6.45) is 6.08. The lowest BCUT2D eigenvalue weighted by Crippen LogP contribution is -1.97. The molecule has 0 aromatic heterocycles. The third-order valence-corrected chi connectivity index (χ3v) is 2.85. The van der Waals surface area contributed by atoms with Crippen LogP contribution < -0.4 is 4.74 Å². The van der Waals surface area contributed by atoms with Crippen molar-refractivity contribution in [1.82, 2.24) is 0 Å². The number of benzene rings is 1. The summed E-state index contributed by atoms with van der Waals surface area (Å²) in [5.41, 5.74) is 2.41. The summed E-state index contributed by atoms with van der Waals surface area (Å²) < 4.78 is 5.33. The van der Waals surface area contributed by atoms with Crippen LogP contribution in [0.4, 0.5) is 0 Å². The van der Waals surface area contributed by atoms with Gasteiger partial charge < -0.3 is 9.84 Å². The largest absolute Gasteiger partial charge is 0.496 e. The van der Waals surface area contributed by atoms with E-state index in [1.165, 1.54) is 5.56 Å². The van der Waals surface area contributed by atoms with Crippen molar-refractivity contribution >= 4 is 6.08 Å². The van der Waals surface area contributed by atoms with Crippen molar-refractivity contribution < 1.29 is 9.84 Å². The maximum absolute atomic E-state index is 8.96. The molecule has 0 aliphatic heterocycles. The quantitative estimate of drug-likeness (QED) is 0.818. The highest BCUT2D eigenvalue weighted by atomic mass is 16.5. The number of hydrogen-bond acceptors (Lipinski definition) is 2. The van der Waals surface area contributed by atoms with Crippen molar-refractivity contribution in [3.63, 3.8) is 0 Å². The van der Waals surface area contributed by atoms with Gasteiger partial charge in [-0.3, -0.25) is 0 Å². The van der Waals surface area contributed by atoms with Gasteiger partial charge in [-0.25, -0.2) is 0 Å². The lowest BCUT2D eigenvalue weighted by atomic mass is 10.0. The Morgan fingerprint density at radius 3 is 2.76 bits per heavy atom. The number of aliphatic hydroxyl groups is 1. The number of methoxy groups -OCH3 is 1. The van der Waals surface area contributed by atoms with E-state index < -0.39 is 0 Å². The normalized spacial score (nSPS) is 12.9. The van der Waals surface area contributed by atoms with Crippen LogP contribution in [0.25, 0.3) is 6.08 Å². The van der Waals surface area contributed by atoms with Crippen molar-refractivity contribution in [3.05, 3.63) is 35.4 Å². The van der Waals surface area contributed by atoms with Crippen LogP contribution in [0.15, 0.2) is 24.3 Å². The van der Waals surface area contributed by atoms with Gasteiger partial charge in [0.05, 0.1) is 7.11 Å². The van der Waals surface area contributed by atoms with Gasteiger partial charge in [-0.1, -0.05) is 32.1 Å². The summed E-state index contributed by atoms with van der Waals surface area (Å²) in [6, 6.07) is 6.25. The van der Waals surface area contributed by atoms with Gasteiger partial charge in [0.15, 0.2) is 0 Å². The molecular weight excluding hydrogens is 212 g/mol.